The fourth-order valence-corrected chi connectivity index (χ4v) is 2.91. The second kappa shape index (κ2) is 3.79. The summed E-state index contributed by atoms with van der Waals surface area (Å²) in [5.41, 5.74) is 6.40. The van der Waals surface area contributed by atoms with Crippen LogP contribution in [0.1, 0.15) is 0 Å². The topological polar surface area (TPSA) is 35.2 Å². The molecule has 0 saturated heterocycles. The van der Waals surface area contributed by atoms with Gasteiger partial charge in [0.15, 0.2) is 5.75 Å². The zero-order chi connectivity index (χ0) is 8.43. The second-order valence-corrected chi connectivity index (χ2v) is 4.42. The van der Waals surface area contributed by atoms with E-state index in [9.17, 15) is 0 Å². The van der Waals surface area contributed by atoms with Gasteiger partial charge >= 0.3 is 0 Å². The van der Waals surface area contributed by atoms with Crippen molar-refractivity contribution in [2.75, 3.05) is 12.8 Å². The molecule has 0 bridgehead atoms. The quantitative estimate of drug-likeness (QED) is 0.605. The van der Waals surface area contributed by atoms with Crippen LogP contribution in [0.25, 0.3) is 0 Å². The minimum absolute atomic E-state index is 0.698. The first-order chi connectivity index (χ1) is 5.15. The number of methoxy groups -OCH3 is 1. The lowest BCUT2D eigenvalue weighted by Gasteiger charge is -2.06. The minimum atomic E-state index is 0.698. The first-order valence-electron chi connectivity index (χ1n) is 2.93. The molecule has 1 aromatic carbocycles. The lowest BCUT2D eigenvalue weighted by atomic mass is 10.3. The molecule has 0 aliphatic heterocycles. The molecular formula is C7H7I2NO. The number of anilines is 1. The van der Waals surface area contributed by atoms with Crippen molar-refractivity contribution in [3.8, 4) is 5.75 Å². The van der Waals surface area contributed by atoms with Crippen LogP contribution in [0.3, 0.4) is 0 Å². The maximum absolute atomic E-state index is 5.70. The number of nitrogens with two attached hydrogens (primary N) is 1. The van der Waals surface area contributed by atoms with Crippen LogP contribution in [0, 0.1) is 7.14 Å². The standard InChI is InChI=1S/C7H7I2NO/c1-11-7-5(9)2-4(8)3-6(7)10/h2-3H,10H2,1H3. The number of hydrogen-bond donors (Lipinski definition) is 1. The summed E-state index contributed by atoms with van der Waals surface area (Å²) in [4.78, 5) is 0. The molecule has 0 aliphatic rings. The van der Waals surface area contributed by atoms with Crippen molar-refractivity contribution in [1.29, 1.82) is 0 Å². The maximum atomic E-state index is 5.70. The van der Waals surface area contributed by atoms with Crippen molar-refractivity contribution in [3.63, 3.8) is 0 Å². The molecule has 0 aromatic heterocycles. The summed E-state index contributed by atoms with van der Waals surface area (Å²) >= 11 is 4.43. The molecule has 0 aliphatic carbocycles. The highest BCUT2D eigenvalue weighted by atomic mass is 127. The Morgan fingerprint density at radius 3 is 2.45 bits per heavy atom. The van der Waals surface area contributed by atoms with E-state index < -0.39 is 0 Å². The molecule has 0 unspecified atom stereocenters. The van der Waals surface area contributed by atoms with Crippen molar-refractivity contribution in [1.82, 2.24) is 0 Å². The van der Waals surface area contributed by atoms with Gasteiger partial charge in [0.25, 0.3) is 0 Å². The molecule has 4 heteroatoms. The Bertz CT molecular complexity index is 252. The van der Waals surface area contributed by atoms with Crippen LogP contribution >= 0.6 is 45.2 Å². The monoisotopic (exact) mass is 375 g/mol. The Balaban J connectivity index is 3.25. The van der Waals surface area contributed by atoms with Crippen LogP contribution in [0.2, 0.25) is 0 Å². The number of ether oxygens (including phenoxy) is 1. The van der Waals surface area contributed by atoms with Crippen molar-refractivity contribution in [2.45, 2.75) is 0 Å². The molecule has 0 saturated carbocycles. The van der Waals surface area contributed by atoms with Gasteiger partial charge in [-0.25, -0.2) is 0 Å². The molecule has 1 rings (SSSR count). The number of rotatable bonds is 1. The fourth-order valence-electron chi connectivity index (χ4n) is 0.796. The predicted molar refractivity (Wildman–Crippen MR) is 62.8 cm³/mol. The molecule has 1 aromatic rings. The van der Waals surface area contributed by atoms with E-state index >= 15 is 0 Å². The Kier molecular flexibility index (Phi) is 3.23. The number of hydrogen-bond acceptors (Lipinski definition) is 2. The van der Waals surface area contributed by atoms with Gasteiger partial charge in [-0.15, -0.1) is 0 Å². The zero-order valence-corrected chi connectivity index (χ0v) is 10.2. The van der Waals surface area contributed by atoms with Gasteiger partial charge in [0, 0.05) is 3.57 Å². The summed E-state index contributed by atoms with van der Waals surface area (Å²) in [6.07, 6.45) is 0. The molecule has 2 nitrogen and oxygen atoms in total. The minimum Gasteiger partial charge on any atom is -0.493 e. The Hall–Kier alpha value is 0.280. The van der Waals surface area contributed by atoms with Crippen LogP contribution in [-0.2, 0) is 0 Å². The van der Waals surface area contributed by atoms with E-state index in [1.807, 2.05) is 12.1 Å². The van der Waals surface area contributed by atoms with E-state index in [-0.39, 0.29) is 0 Å². The van der Waals surface area contributed by atoms with E-state index in [1.165, 1.54) is 0 Å². The number of halogens is 2. The Morgan fingerprint density at radius 1 is 1.36 bits per heavy atom. The summed E-state index contributed by atoms with van der Waals surface area (Å²) < 4.78 is 7.28. The molecule has 0 spiro atoms. The first-order valence-corrected chi connectivity index (χ1v) is 5.09. The van der Waals surface area contributed by atoms with Gasteiger partial charge in [0.05, 0.1) is 16.4 Å². The summed E-state index contributed by atoms with van der Waals surface area (Å²) in [5.74, 6) is 0.769. The lowest BCUT2D eigenvalue weighted by Crippen LogP contribution is -1.95. The van der Waals surface area contributed by atoms with Gasteiger partial charge < -0.3 is 10.5 Å². The lowest BCUT2D eigenvalue weighted by molar-refractivity contribution is 0.414. The van der Waals surface area contributed by atoms with E-state index in [0.717, 1.165) is 12.9 Å². The van der Waals surface area contributed by atoms with Gasteiger partial charge in [0.2, 0.25) is 0 Å². The van der Waals surface area contributed by atoms with Gasteiger partial charge in [-0.1, -0.05) is 0 Å². The number of nitrogen functional groups attached to an aromatic ring is 1. The highest BCUT2D eigenvalue weighted by Crippen LogP contribution is 2.29. The molecule has 0 radical (unpaired) electrons. The molecule has 0 fully saturated rings. The molecule has 2 N–H and O–H groups in total. The second-order valence-electron chi connectivity index (χ2n) is 2.01. The first kappa shape index (κ1) is 9.37. The smallest absolute Gasteiger partial charge is 0.155 e. The zero-order valence-electron chi connectivity index (χ0n) is 5.90. The van der Waals surface area contributed by atoms with E-state index in [2.05, 4.69) is 45.2 Å². The third-order valence-corrected chi connectivity index (χ3v) is 2.67. The molecule has 11 heavy (non-hydrogen) atoms. The molecule has 60 valence electrons. The van der Waals surface area contributed by atoms with Gasteiger partial charge in [-0.2, -0.15) is 0 Å². The highest BCUT2D eigenvalue weighted by Gasteiger charge is 2.04. The maximum Gasteiger partial charge on any atom is 0.155 e. The van der Waals surface area contributed by atoms with Crippen molar-refractivity contribution in [2.24, 2.45) is 0 Å². The number of benzene rings is 1. The highest BCUT2D eigenvalue weighted by molar-refractivity contribution is 14.1. The van der Waals surface area contributed by atoms with Crippen LogP contribution < -0.4 is 10.5 Å². The fraction of sp³-hybridized carbons (Fsp3) is 0.143. The Morgan fingerprint density at radius 2 is 2.00 bits per heavy atom. The summed E-state index contributed by atoms with van der Waals surface area (Å²) in [7, 11) is 1.63. The van der Waals surface area contributed by atoms with Crippen LogP contribution in [-0.4, -0.2) is 7.11 Å². The van der Waals surface area contributed by atoms with Gasteiger partial charge in [-0.05, 0) is 57.3 Å². The molecular weight excluding hydrogens is 368 g/mol. The third-order valence-electron chi connectivity index (χ3n) is 1.24. The van der Waals surface area contributed by atoms with Gasteiger partial charge in [0.1, 0.15) is 0 Å². The predicted octanol–water partition coefficient (Wildman–Crippen LogP) is 2.49. The third kappa shape index (κ3) is 2.11. The normalized spacial score (nSPS) is 9.73. The van der Waals surface area contributed by atoms with Crippen molar-refractivity contribution in [3.05, 3.63) is 19.3 Å². The van der Waals surface area contributed by atoms with E-state index in [4.69, 9.17) is 10.5 Å². The summed E-state index contributed by atoms with van der Waals surface area (Å²) in [6.45, 7) is 0. The average Bonchev–Trinajstić information content (AvgIpc) is 1.85. The molecule has 0 heterocycles. The van der Waals surface area contributed by atoms with Crippen molar-refractivity contribution < 1.29 is 4.74 Å². The molecule has 0 amide bonds. The Labute approximate surface area is 92.8 Å². The van der Waals surface area contributed by atoms with Crippen LogP contribution in [0.4, 0.5) is 5.69 Å². The summed E-state index contributed by atoms with van der Waals surface area (Å²) in [6, 6.07) is 3.91. The molecule has 0 atom stereocenters. The SMILES string of the molecule is COc1c(N)cc(I)cc1I. The van der Waals surface area contributed by atoms with Crippen LogP contribution in [0.15, 0.2) is 12.1 Å². The van der Waals surface area contributed by atoms with Crippen molar-refractivity contribution >= 4 is 50.9 Å². The van der Waals surface area contributed by atoms with Crippen LogP contribution in [0.5, 0.6) is 5.75 Å². The largest absolute Gasteiger partial charge is 0.493 e. The van der Waals surface area contributed by atoms with E-state index in [0.29, 0.717) is 5.69 Å². The average molecular weight is 375 g/mol. The summed E-state index contributed by atoms with van der Waals surface area (Å²) in [5, 5.41) is 0. The van der Waals surface area contributed by atoms with Gasteiger partial charge in [-0.3, -0.25) is 0 Å². The van der Waals surface area contributed by atoms with E-state index in [1.54, 1.807) is 7.11 Å².